The number of hydrogen-bond acceptors (Lipinski definition) is 4. The summed E-state index contributed by atoms with van der Waals surface area (Å²) in [5, 5.41) is 5.72. The number of aromatic nitrogens is 1. The van der Waals surface area contributed by atoms with Crippen molar-refractivity contribution in [3.8, 4) is 5.75 Å². The van der Waals surface area contributed by atoms with Gasteiger partial charge < -0.3 is 15.4 Å². The first-order chi connectivity index (χ1) is 14.2. The fourth-order valence-corrected chi connectivity index (χ4v) is 3.36. The van der Waals surface area contributed by atoms with Gasteiger partial charge in [0.25, 0.3) is 11.8 Å². The summed E-state index contributed by atoms with van der Waals surface area (Å²) in [6, 6.07) is 12.4. The SMILES string of the molecule is COc1ccccc1CNC(=O)c1cccc(C(=O)NCCC2=CCCCC2)n1. The Kier molecular flexibility index (Phi) is 7.39. The number of allylic oxidation sites excluding steroid dienone is 1. The van der Waals surface area contributed by atoms with E-state index in [9.17, 15) is 9.59 Å². The molecule has 3 rings (SSSR count). The zero-order valence-corrected chi connectivity index (χ0v) is 16.7. The second-order valence-electron chi connectivity index (χ2n) is 7.02. The lowest BCUT2D eigenvalue weighted by Gasteiger charge is -2.13. The van der Waals surface area contributed by atoms with Crippen molar-refractivity contribution < 1.29 is 14.3 Å². The summed E-state index contributed by atoms with van der Waals surface area (Å²) in [5.41, 5.74) is 2.73. The van der Waals surface area contributed by atoms with E-state index in [0.29, 0.717) is 18.8 Å². The molecule has 0 saturated carbocycles. The third kappa shape index (κ3) is 5.91. The number of carbonyl (C=O) groups is 2. The van der Waals surface area contributed by atoms with E-state index in [2.05, 4.69) is 21.7 Å². The van der Waals surface area contributed by atoms with Crippen LogP contribution in [0, 0.1) is 0 Å². The average Bonchev–Trinajstić information content (AvgIpc) is 2.78. The number of para-hydroxylation sites is 1. The van der Waals surface area contributed by atoms with Gasteiger partial charge in [-0.05, 0) is 50.3 Å². The van der Waals surface area contributed by atoms with E-state index in [-0.39, 0.29) is 23.2 Å². The second-order valence-corrected chi connectivity index (χ2v) is 7.02. The highest BCUT2D eigenvalue weighted by molar-refractivity contribution is 5.96. The molecule has 2 N–H and O–H groups in total. The van der Waals surface area contributed by atoms with E-state index in [1.165, 1.54) is 18.4 Å². The number of nitrogens with one attached hydrogen (secondary N) is 2. The molecular weight excluding hydrogens is 366 g/mol. The van der Waals surface area contributed by atoms with Crippen molar-refractivity contribution >= 4 is 11.8 Å². The van der Waals surface area contributed by atoms with Gasteiger partial charge in [-0.1, -0.05) is 35.9 Å². The second kappa shape index (κ2) is 10.4. The summed E-state index contributed by atoms with van der Waals surface area (Å²) >= 11 is 0. The van der Waals surface area contributed by atoms with Crippen LogP contribution in [0.1, 0.15) is 58.6 Å². The van der Waals surface area contributed by atoms with Gasteiger partial charge in [0.1, 0.15) is 17.1 Å². The number of carbonyl (C=O) groups excluding carboxylic acids is 2. The summed E-state index contributed by atoms with van der Waals surface area (Å²) < 4.78 is 5.29. The molecule has 1 aromatic carbocycles. The van der Waals surface area contributed by atoms with Gasteiger partial charge in [-0.25, -0.2) is 4.98 Å². The number of methoxy groups -OCH3 is 1. The lowest BCUT2D eigenvalue weighted by molar-refractivity contribution is 0.0943. The first-order valence-electron chi connectivity index (χ1n) is 10.0. The third-order valence-corrected chi connectivity index (χ3v) is 4.96. The Morgan fingerprint density at radius 1 is 1.00 bits per heavy atom. The molecule has 152 valence electrons. The Balaban J connectivity index is 1.54. The number of amides is 2. The van der Waals surface area contributed by atoms with E-state index in [1.807, 2.05) is 24.3 Å². The normalized spacial score (nSPS) is 13.3. The smallest absolute Gasteiger partial charge is 0.270 e. The molecule has 0 spiro atoms. The molecule has 0 saturated heterocycles. The van der Waals surface area contributed by atoms with Crippen molar-refractivity contribution in [2.75, 3.05) is 13.7 Å². The molecule has 0 atom stereocenters. The molecule has 29 heavy (non-hydrogen) atoms. The molecule has 0 unspecified atom stereocenters. The van der Waals surface area contributed by atoms with Gasteiger partial charge >= 0.3 is 0 Å². The average molecular weight is 393 g/mol. The van der Waals surface area contributed by atoms with Crippen LogP contribution in [0.5, 0.6) is 5.75 Å². The van der Waals surface area contributed by atoms with Crippen molar-refractivity contribution in [1.82, 2.24) is 15.6 Å². The lowest BCUT2D eigenvalue weighted by atomic mass is 9.97. The van der Waals surface area contributed by atoms with Crippen LogP contribution >= 0.6 is 0 Å². The van der Waals surface area contributed by atoms with Crippen LogP contribution in [0.4, 0.5) is 0 Å². The minimum Gasteiger partial charge on any atom is -0.496 e. The zero-order valence-electron chi connectivity index (χ0n) is 16.7. The molecule has 2 amide bonds. The number of hydrogen-bond donors (Lipinski definition) is 2. The minimum atomic E-state index is -0.335. The molecule has 1 aliphatic rings. The zero-order chi connectivity index (χ0) is 20.5. The van der Waals surface area contributed by atoms with Gasteiger partial charge in [-0.15, -0.1) is 0 Å². The van der Waals surface area contributed by atoms with E-state index in [0.717, 1.165) is 24.8 Å². The molecule has 1 aliphatic carbocycles. The van der Waals surface area contributed by atoms with Gasteiger partial charge in [0.2, 0.25) is 0 Å². The molecule has 6 nitrogen and oxygen atoms in total. The van der Waals surface area contributed by atoms with Crippen molar-refractivity contribution in [3.63, 3.8) is 0 Å². The highest BCUT2D eigenvalue weighted by Crippen LogP contribution is 2.19. The summed E-state index contributed by atoms with van der Waals surface area (Å²) in [4.78, 5) is 29.1. The molecule has 0 fully saturated rings. The van der Waals surface area contributed by atoms with Gasteiger partial charge in [0.05, 0.1) is 7.11 Å². The molecule has 6 heteroatoms. The third-order valence-electron chi connectivity index (χ3n) is 4.96. The number of pyridine rings is 1. The first-order valence-corrected chi connectivity index (χ1v) is 10.0. The fraction of sp³-hybridized carbons (Fsp3) is 0.348. The standard InChI is InChI=1S/C23H27N3O3/c1-29-21-13-6-5-10-18(21)16-25-23(28)20-12-7-11-19(26-20)22(27)24-15-14-17-8-3-2-4-9-17/h5-8,10-13H,2-4,9,14-16H2,1H3,(H,24,27)(H,25,28). The predicted octanol–water partition coefficient (Wildman–Crippen LogP) is 3.64. The first kappa shape index (κ1) is 20.6. The summed E-state index contributed by atoms with van der Waals surface area (Å²) in [7, 11) is 1.59. The highest BCUT2D eigenvalue weighted by atomic mass is 16.5. The van der Waals surface area contributed by atoms with Crippen LogP contribution in [-0.2, 0) is 6.54 Å². The molecule has 0 radical (unpaired) electrons. The van der Waals surface area contributed by atoms with Crippen molar-refractivity contribution in [2.45, 2.75) is 38.6 Å². The van der Waals surface area contributed by atoms with Crippen LogP contribution in [0.15, 0.2) is 54.1 Å². The summed E-state index contributed by atoms with van der Waals surface area (Å²) in [6.07, 6.45) is 7.89. The van der Waals surface area contributed by atoms with Crippen molar-refractivity contribution in [2.24, 2.45) is 0 Å². The highest BCUT2D eigenvalue weighted by Gasteiger charge is 2.13. The Labute approximate surface area is 171 Å². The van der Waals surface area contributed by atoms with Gasteiger partial charge in [0, 0.05) is 18.7 Å². The van der Waals surface area contributed by atoms with Crippen LogP contribution in [0.2, 0.25) is 0 Å². The number of rotatable bonds is 8. The van der Waals surface area contributed by atoms with Crippen molar-refractivity contribution in [3.05, 3.63) is 71.1 Å². The number of ether oxygens (including phenoxy) is 1. The Morgan fingerprint density at radius 3 is 2.48 bits per heavy atom. The Morgan fingerprint density at radius 2 is 1.76 bits per heavy atom. The maximum absolute atomic E-state index is 12.5. The summed E-state index contributed by atoms with van der Waals surface area (Å²) in [5.74, 6) is 0.112. The molecule has 0 bridgehead atoms. The fourth-order valence-electron chi connectivity index (χ4n) is 3.36. The van der Waals surface area contributed by atoms with E-state index in [1.54, 1.807) is 25.3 Å². The maximum Gasteiger partial charge on any atom is 0.270 e. The molecule has 0 aliphatic heterocycles. The van der Waals surface area contributed by atoms with Crippen LogP contribution in [0.3, 0.4) is 0 Å². The maximum atomic E-state index is 12.5. The lowest BCUT2D eigenvalue weighted by Crippen LogP contribution is -2.28. The molecule has 1 aromatic heterocycles. The van der Waals surface area contributed by atoms with E-state index < -0.39 is 0 Å². The number of nitrogens with zero attached hydrogens (tertiary/aromatic N) is 1. The van der Waals surface area contributed by atoms with E-state index in [4.69, 9.17) is 4.74 Å². The van der Waals surface area contributed by atoms with Gasteiger partial charge in [-0.3, -0.25) is 9.59 Å². The molecular formula is C23H27N3O3. The van der Waals surface area contributed by atoms with Crippen LogP contribution < -0.4 is 15.4 Å². The summed E-state index contributed by atoms with van der Waals surface area (Å²) in [6.45, 7) is 0.895. The largest absolute Gasteiger partial charge is 0.496 e. The Hall–Kier alpha value is -3.15. The molecule has 1 heterocycles. The van der Waals surface area contributed by atoms with Gasteiger partial charge in [0.15, 0.2) is 0 Å². The van der Waals surface area contributed by atoms with Crippen LogP contribution in [0.25, 0.3) is 0 Å². The topological polar surface area (TPSA) is 80.3 Å². The van der Waals surface area contributed by atoms with E-state index >= 15 is 0 Å². The van der Waals surface area contributed by atoms with Gasteiger partial charge in [-0.2, -0.15) is 0 Å². The number of benzene rings is 1. The molecule has 2 aromatic rings. The Bertz CT molecular complexity index is 892. The predicted molar refractivity (Wildman–Crippen MR) is 112 cm³/mol. The minimum absolute atomic E-state index is 0.211. The monoisotopic (exact) mass is 393 g/mol. The quantitative estimate of drug-likeness (QED) is 0.671. The van der Waals surface area contributed by atoms with Crippen LogP contribution in [-0.4, -0.2) is 30.5 Å². The van der Waals surface area contributed by atoms with Crippen molar-refractivity contribution in [1.29, 1.82) is 0 Å².